The Bertz CT molecular complexity index is 643. The molecule has 0 spiro atoms. The van der Waals surface area contributed by atoms with Crippen LogP contribution in [0.15, 0.2) is 30.3 Å². The summed E-state index contributed by atoms with van der Waals surface area (Å²) in [5.41, 5.74) is 2.65. The third-order valence-electron chi connectivity index (χ3n) is 5.65. The summed E-state index contributed by atoms with van der Waals surface area (Å²) in [5.74, 6) is 0.348. The molecule has 1 atom stereocenters. The summed E-state index contributed by atoms with van der Waals surface area (Å²) in [7, 11) is 0. The number of hydrogen-bond acceptors (Lipinski definition) is 1. The lowest BCUT2D eigenvalue weighted by atomic mass is 10.0. The van der Waals surface area contributed by atoms with E-state index in [2.05, 4.69) is 51.2 Å². The molecule has 28 heavy (non-hydrogen) atoms. The van der Waals surface area contributed by atoms with Crippen molar-refractivity contribution in [1.82, 2.24) is 4.98 Å². The molecule has 0 bridgehead atoms. The second kappa shape index (κ2) is 14.0. The van der Waals surface area contributed by atoms with Crippen LogP contribution in [0.2, 0.25) is 0 Å². The number of aromatic nitrogens is 1. The maximum absolute atomic E-state index is 11.5. The maximum Gasteiger partial charge on any atom is 0.146 e. The topological polar surface area (TPSA) is 32.9 Å². The van der Waals surface area contributed by atoms with Crippen LogP contribution < -0.4 is 0 Å². The van der Waals surface area contributed by atoms with Crippen LogP contribution in [-0.4, -0.2) is 15.6 Å². The number of halogens is 1. The summed E-state index contributed by atoms with van der Waals surface area (Å²) >= 11 is 3.34. The van der Waals surface area contributed by atoms with Gasteiger partial charge in [0.1, 0.15) is 5.78 Å². The van der Waals surface area contributed by atoms with Crippen molar-refractivity contribution in [3.63, 3.8) is 0 Å². The molecule has 0 aliphatic rings. The molecule has 156 valence electrons. The molecule has 2 nitrogen and oxygen atoms in total. The quantitative estimate of drug-likeness (QED) is 0.204. The monoisotopic (exact) mass is 447 g/mol. The van der Waals surface area contributed by atoms with Crippen LogP contribution in [0.3, 0.4) is 0 Å². The van der Waals surface area contributed by atoms with Gasteiger partial charge < -0.3 is 4.98 Å². The van der Waals surface area contributed by atoms with Gasteiger partial charge in [-0.2, -0.15) is 0 Å². The highest BCUT2D eigenvalue weighted by atomic mass is 79.9. The Balaban J connectivity index is 1.34. The number of aryl methyl sites for hydroxylation is 1. The van der Waals surface area contributed by atoms with Crippen molar-refractivity contribution in [3.8, 4) is 0 Å². The van der Waals surface area contributed by atoms with Gasteiger partial charge >= 0.3 is 0 Å². The fraction of sp³-hybridized carbons (Fsp3) is 0.640. The summed E-state index contributed by atoms with van der Waals surface area (Å²) in [6, 6.07) is 10.8. The van der Waals surface area contributed by atoms with Crippen LogP contribution in [0.4, 0.5) is 0 Å². The second-order valence-corrected chi connectivity index (χ2v) is 9.58. The lowest BCUT2D eigenvalue weighted by molar-refractivity contribution is -0.118. The van der Waals surface area contributed by atoms with Crippen LogP contribution in [0.5, 0.6) is 0 Å². The molecule has 1 N–H and O–H groups in total. The van der Waals surface area contributed by atoms with Gasteiger partial charge in [0.2, 0.25) is 0 Å². The minimum Gasteiger partial charge on any atom is -0.358 e. The van der Waals surface area contributed by atoms with E-state index in [9.17, 15) is 4.79 Å². The Morgan fingerprint density at radius 1 is 0.857 bits per heavy atom. The second-order valence-electron chi connectivity index (χ2n) is 8.21. The third kappa shape index (κ3) is 9.41. The van der Waals surface area contributed by atoms with Crippen molar-refractivity contribution in [2.75, 3.05) is 0 Å². The first kappa shape index (κ1) is 23.2. The Labute approximate surface area is 180 Å². The SMILES string of the molecule is CC(Br)C(=O)CCCCCCCCCCCCCCc1cc2ccccc2[nH]1. The van der Waals surface area contributed by atoms with Gasteiger partial charge in [-0.25, -0.2) is 0 Å². The standard InChI is InChI=1S/C25H38BrNO/c1-21(26)25(28)19-13-11-9-7-5-3-2-4-6-8-10-12-17-23-20-22-16-14-15-18-24(22)27-23/h14-16,18,20-21,27H,2-13,17,19H2,1H3. The summed E-state index contributed by atoms with van der Waals surface area (Å²) in [6.45, 7) is 1.92. The molecule has 0 amide bonds. The molecule has 2 rings (SSSR count). The summed E-state index contributed by atoms with van der Waals surface area (Å²) in [4.78, 5) is 15.1. The number of carbonyl (C=O) groups is 1. The minimum absolute atomic E-state index is 0.0288. The number of para-hydroxylation sites is 1. The highest BCUT2D eigenvalue weighted by Crippen LogP contribution is 2.17. The smallest absolute Gasteiger partial charge is 0.146 e. The molecule has 0 aliphatic heterocycles. The number of carbonyl (C=O) groups excluding carboxylic acids is 1. The first-order valence-corrected chi connectivity index (χ1v) is 12.3. The van der Waals surface area contributed by atoms with E-state index in [4.69, 9.17) is 0 Å². The molecular formula is C25H38BrNO. The number of benzene rings is 1. The number of fused-ring (bicyclic) bond motifs is 1. The molecule has 1 unspecified atom stereocenters. The highest BCUT2D eigenvalue weighted by molar-refractivity contribution is 9.10. The van der Waals surface area contributed by atoms with Crippen LogP contribution in [0.1, 0.15) is 96.1 Å². The van der Waals surface area contributed by atoms with E-state index >= 15 is 0 Å². The van der Waals surface area contributed by atoms with Gasteiger partial charge in [-0.1, -0.05) is 98.3 Å². The van der Waals surface area contributed by atoms with Gasteiger partial charge in [0.25, 0.3) is 0 Å². The van der Waals surface area contributed by atoms with E-state index in [0.29, 0.717) is 5.78 Å². The molecule has 1 heterocycles. The van der Waals surface area contributed by atoms with Gasteiger partial charge in [-0.15, -0.1) is 0 Å². The number of nitrogens with one attached hydrogen (secondary N) is 1. The van der Waals surface area contributed by atoms with E-state index in [0.717, 1.165) is 12.8 Å². The fourth-order valence-electron chi connectivity index (χ4n) is 3.85. The molecule has 0 aliphatic carbocycles. The number of aromatic amines is 1. The molecule has 0 fully saturated rings. The minimum atomic E-state index is 0.0288. The van der Waals surface area contributed by atoms with Crippen molar-refractivity contribution in [3.05, 3.63) is 36.0 Å². The van der Waals surface area contributed by atoms with Crippen molar-refractivity contribution in [2.24, 2.45) is 0 Å². The molecule has 2 aromatic rings. The molecule has 3 heteroatoms. The predicted molar refractivity (Wildman–Crippen MR) is 125 cm³/mol. The van der Waals surface area contributed by atoms with E-state index in [1.165, 1.54) is 93.6 Å². The summed E-state index contributed by atoms with van der Waals surface area (Å²) in [5, 5.41) is 1.33. The lowest BCUT2D eigenvalue weighted by Gasteiger charge is -2.04. The Hall–Kier alpha value is -1.09. The number of Topliss-reactive ketones (excluding diaryl/α,β-unsaturated/α-hetero) is 1. The molecule has 0 saturated carbocycles. The van der Waals surface area contributed by atoms with Crippen LogP contribution >= 0.6 is 15.9 Å². The Morgan fingerprint density at radius 2 is 1.39 bits per heavy atom. The van der Waals surface area contributed by atoms with Gasteiger partial charge in [-0.3, -0.25) is 4.79 Å². The first-order valence-electron chi connectivity index (χ1n) is 11.4. The highest BCUT2D eigenvalue weighted by Gasteiger charge is 2.07. The van der Waals surface area contributed by atoms with E-state index in [1.54, 1.807) is 0 Å². The average Bonchev–Trinajstić information content (AvgIpc) is 3.10. The number of ketones is 1. The average molecular weight is 448 g/mol. The van der Waals surface area contributed by atoms with Gasteiger partial charge in [-0.05, 0) is 43.7 Å². The van der Waals surface area contributed by atoms with Crippen LogP contribution in [-0.2, 0) is 11.2 Å². The van der Waals surface area contributed by atoms with E-state index in [1.807, 2.05) is 6.92 Å². The lowest BCUT2D eigenvalue weighted by Crippen LogP contribution is -2.08. The zero-order valence-corrected chi connectivity index (χ0v) is 19.2. The maximum atomic E-state index is 11.5. The molecule has 1 aromatic carbocycles. The third-order valence-corrected chi connectivity index (χ3v) is 6.16. The van der Waals surface area contributed by atoms with Crippen molar-refractivity contribution in [1.29, 1.82) is 0 Å². The van der Waals surface area contributed by atoms with E-state index in [-0.39, 0.29) is 4.83 Å². The molecule has 0 saturated heterocycles. The predicted octanol–water partition coefficient (Wildman–Crippen LogP) is 8.13. The molecule has 1 aromatic heterocycles. The Morgan fingerprint density at radius 3 is 1.96 bits per heavy atom. The summed E-state index contributed by atoms with van der Waals surface area (Å²) in [6.07, 6.45) is 17.8. The zero-order chi connectivity index (χ0) is 20.0. The van der Waals surface area contributed by atoms with E-state index < -0.39 is 0 Å². The molecular weight excluding hydrogens is 410 g/mol. The number of unbranched alkanes of at least 4 members (excludes halogenated alkanes) is 11. The first-order chi connectivity index (χ1) is 13.7. The van der Waals surface area contributed by atoms with Gasteiger partial charge in [0.15, 0.2) is 0 Å². The van der Waals surface area contributed by atoms with Crippen LogP contribution in [0, 0.1) is 0 Å². The zero-order valence-electron chi connectivity index (χ0n) is 17.6. The largest absolute Gasteiger partial charge is 0.358 e. The Kier molecular flexibility index (Phi) is 11.6. The van der Waals surface area contributed by atoms with Gasteiger partial charge in [0, 0.05) is 17.6 Å². The van der Waals surface area contributed by atoms with Crippen LogP contribution in [0.25, 0.3) is 10.9 Å². The molecule has 0 radical (unpaired) electrons. The number of alkyl halides is 1. The number of hydrogen-bond donors (Lipinski definition) is 1. The van der Waals surface area contributed by atoms with Crippen molar-refractivity contribution in [2.45, 2.75) is 102 Å². The number of H-pyrrole nitrogens is 1. The van der Waals surface area contributed by atoms with Crippen molar-refractivity contribution >= 4 is 32.6 Å². The van der Waals surface area contributed by atoms with Crippen molar-refractivity contribution < 1.29 is 4.79 Å². The normalized spacial score (nSPS) is 12.5. The number of rotatable bonds is 16. The fourth-order valence-corrected chi connectivity index (χ4v) is 4.08. The van der Waals surface area contributed by atoms with Gasteiger partial charge in [0.05, 0.1) is 4.83 Å². The summed E-state index contributed by atoms with van der Waals surface area (Å²) < 4.78 is 0.